The van der Waals surface area contributed by atoms with Crippen LogP contribution in [0.5, 0.6) is 17.2 Å². The van der Waals surface area contributed by atoms with E-state index in [0.29, 0.717) is 6.54 Å². The molecule has 1 aromatic carbocycles. The van der Waals surface area contributed by atoms with Gasteiger partial charge in [0, 0.05) is 56.5 Å². The molecule has 1 spiro atoms. The predicted molar refractivity (Wildman–Crippen MR) is 151 cm³/mol. The number of piperidine rings is 1. The van der Waals surface area contributed by atoms with Gasteiger partial charge in [0.2, 0.25) is 17.3 Å². The molecule has 1 aromatic heterocycles. The van der Waals surface area contributed by atoms with Crippen LogP contribution in [0.15, 0.2) is 46.9 Å². The molecule has 0 radical (unpaired) electrons. The van der Waals surface area contributed by atoms with Gasteiger partial charge in [-0.25, -0.2) is 0 Å². The average molecular weight is 582 g/mol. The maximum absolute atomic E-state index is 13.8. The highest BCUT2D eigenvalue weighted by Gasteiger charge is 2.60. The Hall–Kier alpha value is -3.92. The molecule has 5 rings (SSSR count). The van der Waals surface area contributed by atoms with Gasteiger partial charge in [-0.05, 0) is 30.9 Å². The van der Waals surface area contributed by atoms with Gasteiger partial charge in [0.1, 0.15) is 22.1 Å². The van der Waals surface area contributed by atoms with Gasteiger partial charge in [-0.1, -0.05) is 24.6 Å². The second-order valence-corrected chi connectivity index (χ2v) is 10.8. The van der Waals surface area contributed by atoms with Gasteiger partial charge in [0.25, 0.3) is 0 Å². The Labute approximate surface area is 243 Å². The van der Waals surface area contributed by atoms with Gasteiger partial charge in [0.05, 0.1) is 25.8 Å². The molecular formula is C30H32ClN3O7. The fraction of sp³-hybridized carbons (Fsp3) is 0.433. The fourth-order valence-electron chi connectivity index (χ4n) is 5.92. The lowest BCUT2D eigenvalue weighted by molar-refractivity contribution is -0.134. The molecule has 1 amide bonds. The van der Waals surface area contributed by atoms with Gasteiger partial charge in [-0.15, -0.1) is 0 Å². The van der Waals surface area contributed by atoms with Crippen molar-refractivity contribution >= 4 is 35.3 Å². The summed E-state index contributed by atoms with van der Waals surface area (Å²) in [5.74, 6) is -1.81. The lowest BCUT2D eigenvalue weighted by atomic mass is 9.73. The number of ketones is 2. The number of nitrogens with zero attached hydrogens (tertiary/aromatic N) is 3. The number of benzene rings is 1. The minimum Gasteiger partial charge on any atom is -0.507 e. The summed E-state index contributed by atoms with van der Waals surface area (Å²) in [4.78, 5) is 50.3. The number of allylic oxidation sites excluding steroid dienone is 1. The third-order valence-corrected chi connectivity index (χ3v) is 8.44. The van der Waals surface area contributed by atoms with E-state index < -0.39 is 23.1 Å². The molecule has 2 aromatic rings. The number of aliphatic hydroxyl groups is 1. The number of methoxy groups -OCH3 is 2. The molecule has 11 heteroatoms. The van der Waals surface area contributed by atoms with Crippen molar-refractivity contribution in [2.24, 2.45) is 10.9 Å². The summed E-state index contributed by atoms with van der Waals surface area (Å²) in [5, 5.41) is 11.4. The van der Waals surface area contributed by atoms with Gasteiger partial charge in [-0.3, -0.25) is 24.4 Å². The number of amides is 1. The standard InChI is InChI=1S/C30H32ClN3O7/c1-17-13-21(35)19(16-33-11-9-24(36)34-12-5-4-8-20(34)18-7-6-10-32-15-18)28(37)30(17)29(38)25-22(39-2)14-23(40-3)26(31)27(25)41-30/h6-7,10,14-17,20,37H,4-5,8-9,11-13H2,1-3H3/t17-,20?,30+/m1/s1. The highest BCUT2D eigenvalue weighted by Crippen LogP contribution is 2.54. The minimum atomic E-state index is -1.87. The van der Waals surface area contributed by atoms with Crippen LogP contribution in [0.3, 0.4) is 0 Å². The molecule has 1 saturated heterocycles. The Balaban J connectivity index is 1.37. The van der Waals surface area contributed by atoms with Crippen LogP contribution in [0, 0.1) is 5.92 Å². The van der Waals surface area contributed by atoms with Crippen LogP contribution in [0.4, 0.5) is 0 Å². The monoisotopic (exact) mass is 581 g/mol. The molecule has 216 valence electrons. The Bertz CT molecular complexity index is 1440. The molecule has 1 fully saturated rings. The van der Waals surface area contributed by atoms with Crippen molar-refractivity contribution in [3.63, 3.8) is 0 Å². The summed E-state index contributed by atoms with van der Waals surface area (Å²) < 4.78 is 16.8. The highest BCUT2D eigenvalue weighted by atomic mass is 35.5. The van der Waals surface area contributed by atoms with Crippen molar-refractivity contribution in [2.45, 2.75) is 50.7 Å². The van der Waals surface area contributed by atoms with Gasteiger partial charge in [-0.2, -0.15) is 0 Å². The molecule has 1 N–H and O–H groups in total. The van der Waals surface area contributed by atoms with Crippen LogP contribution in [-0.2, 0) is 9.59 Å². The summed E-state index contributed by atoms with van der Waals surface area (Å²) in [5.41, 5.74) is -0.938. The molecule has 1 unspecified atom stereocenters. The van der Waals surface area contributed by atoms with Crippen molar-refractivity contribution in [1.82, 2.24) is 9.88 Å². The van der Waals surface area contributed by atoms with Crippen molar-refractivity contribution < 1.29 is 33.7 Å². The van der Waals surface area contributed by atoms with Crippen molar-refractivity contribution in [1.29, 1.82) is 0 Å². The Morgan fingerprint density at radius 2 is 2.07 bits per heavy atom. The van der Waals surface area contributed by atoms with Crippen molar-refractivity contribution in [3.05, 3.63) is 58.1 Å². The molecule has 10 nitrogen and oxygen atoms in total. The predicted octanol–water partition coefficient (Wildman–Crippen LogP) is 4.70. The Morgan fingerprint density at radius 3 is 2.78 bits per heavy atom. The zero-order valence-electron chi connectivity index (χ0n) is 23.2. The number of pyridine rings is 1. The lowest BCUT2D eigenvalue weighted by Gasteiger charge is -2.36. The fourth-order valence-corrected chi connectivity index (χ4v) is 6.19. The lowest BCUT2D eigenvalue weighted by Crippen LogP contribution is -2.52. The number of hydrogen-bond acceptors (Lipinski definition) is 9. The van der Waals surface area contributed by atoms with Crippen LogP contribution >= 0.6 is 11.6 Å². The second-order valence-electron chi connectivity index (χ2n) is 10.4. The maximum atomic E-state index is 13.8. The largest absolute Gasteiger partial charge is 0.507 e. The number of likely N-dealkylation sites (tertiary alicyclic amines) is 1. The smallest absolute Gasteiger partial charge is 0.231 e. The third kappa shape index (κ3) is 4.84. The highest BCUT2D eigenvalue weighted by molar-refractivity contribution is 6.35. The summed E-state index contributed by atoms with van der Waals surface area (Å²) in [6.45, 7) is 2.41. The van der Waals surface area contributed by atoms with E-state index in [1.54, 1.807) is 19.3 Å². The maximum Gasteiger partial charge on any atom is 0.231 e. The Kier molecular flexibility index (Phi) is 8.04. The van der Waals surface area contributed by atoms with E-state index in [-0.39, 0.29) is 70.5 Å². The van der Waals surface area contributed by atoms with E-state index in [1.165, 1.54) is 26.5 Å². The number of rotatable bonds is 7. The zero-order chi connectivity index (χ0) is 29.3. The first-order valence-electron chi connectivity index (χ1n) is 13.6. The molecule has 3 heterocycles. The van der Waals surface area contributed by atoms with E-state index >= 15 is 0 Å². The minimum absolute atomic E-state index is 0.0206. The number of aliphatic hydroxyl groups excluding tert-OH is 1. The van der Waals surface area contributed by atoms with Crippen molar-refractivity contribution in [3.8, 4) is 17.2 Å². The normalized spacial score (nSPS) is 24.1. The van der Waals surface area contributed by atoms with Gasteiger partial charge in [0.15, 0.2) is 17.3 Å². The average Bonchev–Trinajstić information content (AvgIpc) is 3.31. The second kappa shape index (κ2) is 11.5. The molecule has 41 heavy (non-hydrogen) atoms. The molecule has 0 saturated carbocycles. The number of aromatic nitrogens is 1. The first kappa shape index (κ1) is 28.6. The zero-order valence-corrected chi connectivity index (χ0v) is 23.9. The number of fused-ring (bicyclic) bond motifs is 1. The first-order valence-corrected chi connectivity index (χ1v) is 14.0. The van der Waals surface area contributed by atoms with Crippen LogP contribution in [0.25, 0.3) is 0 Å². The summed E-state index contributed by atoms with van der Waals surface area (Å²) in [6, 6.07) is 5.29. The van der Waals surface area contributed by atoms with E-state index in [2.05, 4.69) is 9.98 Å². The summed E-state index contributed by atoms with van der Waals surface area (Å²) in [6.07, 6.45) is 7.62. The van der Waals surface area contributed by atoms with Crippen LogP contribution < -0.4 is 14.2 Å². The van der Waals surface area contributed by atoms with Crippen LogP contribution in [0.2, 0.25) is 5.02 Å². The number of Topliss-reactive ketones (excluding diaryl/α,β-unsaturated/α-hetero) is 2. The quantitative estimate of drug-likeness (QED) is 0.466. The molecular weight excluding hydrogens is 550 g/mol. The van der Waals surface area contributed by atoms with Crippen LogP contribution in [0.1, 0.15) is 61.0 Å². The Morgan fingerprint density at radius 1 is 1.29 bits per heavy atom. The van der Waals surface area contributed by atoms with E-state index in [9.17, 15) is 19.5 Å². The number of halogens is 1. The summed E-state index contributed by atoms with van der Waals surface area (Å²) >= 11 is 6.47. The van der Waals surface area contributed by atoms with Crippen molar-refractivity contribution in [2.75, 3.05) is 27.3 Å². The van der Waals surface area contributed by atoms with E-state index in [4.69, 9.17) is 25.8 Å². The number of hydrogen-bond donors (Lipinski definition) is 1. The molecule has 0 bridgehead atoms. The molecule has 3 atom stereocenters. The first-order chi connectivity index (χ1) is 19.7. The molecule has 3 aliphatic rings. The van der Waals surface area contributed by atoms with Gasteiger partial charge < -0.3 is 24.2 Å². The molecule has 1 aliphatic carbocycles. The summed E-state index contributed by atoms with van der Waals surface area (Å²) in [7, 11) is 2.81. The van der Waals surface area contributed by atoms with Gasteiger partial charge >= 0.3 is 0 Å². The molecule has 2 aliphatic heterocycles. The number of carbonyl (C=O) groups excluding carboxylic acids is 3. The number of ether oxygens (including phenoxy) is 3. The number of aliphatic imine (C=N–C) groups is 1. The van der Waals surface area contributed by atoms with Crippen LogP contribution in [-0.4, -0.2) is 71.6 Å². The third-order valence-electron chi connectivity index (χ3n) is 8.08. The van der Waals surface area contributed by atoms with E-state index in [1.807, 2.05) is 17.0 Å². The van der Waals surface area contributed by atoms with E-state index in [0.717, 1.165) is 24.8 Å². The topological polar surface area (TPSA) is 128 Å². The SMILES string of the molecule is COc1cc(OC)c2c(c1Cl)O[C@]1(C2=O)C(O)=C(C=NCCC(=O)N2CCCCC2c2cccnc2)C(=O)C[C@H]1C. The number of carbonyl (C=O) groups is 3.